The van der Waals surface area contributed by atoms with Gasteiger partial charge in [-0.25, -0.2) is 0 Å². The summed E-state index contributed by atoms with van der Waals surface area (Å²) in [5.74, 6) is 1.80. The maximum Gasteiger partial charge on any atom is 0.127 e. The first kappa shape index (κ1) is 21.2. The highest BCUT2D eigenvalue weighted by Crippen LogP contribution is 2.33. The fraction of sp³-hybridized carbons (Fsp3) is 0.385. The predicted octanol–water partition coefficient (Wildman–Crippen LogP) is 5.90. The van der Waals surface area contributed by atoms with E-state index in [-0.39, 0.29) is 0 Å². The summed E-state index contributed by atoms with van der Waals surface area (Å²) in [5.41, 5.74) is 4.66. The molecule has 154 valence electrons. The molecular weight excluding hydrogens is 358 g/mol. The Bertz CT molecular complexity index is 829. The Hall–Kier alpha value is -2.52. The van der Waals surface area contributed by atoms with Gasteiger partial charge in [0.2, 0.25) is 0 Å². The van der Waals surface area contributed by atoms with Crippen molar-refractivity contribution >= 4 is 12.2 Å². The van der Waals surface area contributed by atoms with E-state index in [1.54, 1.807) is 7.11 Å². The van der Waals surface area contributed by atoms with Gasteiger partial charge in [0.25, 0.3) is 0 Å². The molecule has 1 N–H and O–H groups in total. The molecule has 2 aromatic carbocycles. The Morgan fingerprint density at radius 1 is 1.03 bits per heavy atom. The number of ether oxygens (including phenoxy) is 2. The van der Waals surface area contributed by atoms with Gasteiger partial charge in [-0.2, -0.15) is 0 Å². The highest BCUT2D eigenvalue weighted by atomic mass is 16.5. The van der Waals surface area contributed by atoms with Crippen LogP contribution in [0.4, 0.5) is 0 Å². The van der Waals surface area contributed by atoms with Crippen molar-refractivity contribution in [2.45, 2.75) is 45.6 Å². The van der Waals surface area contributed by atoms with Crippen LogP contribution in [0.3, 0.4) is 0 Å². The van der Waals surface area contributed by atoms with Gasteiger partial charge in [0.1, 0.15) is 18.1 Å². The summed E-state index contributed by atoms with van der Waals surface area (Å²) in [7, 11) is 1.73. The van der Waals surface area contributed by atoms with E-state index < -0.39 is 0 Å². The smallest absolute Gasteiger partial charge is 0.127 e. The molecule has 0 radical (unpaired) electrons. The molecule has 0 saturated carbocycles. The van der Waals surface area contributed by atoms with Crippen molar-refractivity contribution in [2.75, 3.05) is 20.3 Å². The fourth-order valence-electron chi connectivity index (χ4n) is 3.57. The molecule has 3 rings (SSSR count). The van der Waals surface area contributed by atoms with Crippen molar-refractivity contribution in [1.82, 2.24) is 5.32 Å². The van der Waals surface area contributed by atoms with Gasteiger partial charge in [0.15, 0.2) is 0 Å². The van der Waals surface area contributed by atoms with Crippen LogP contribution in [0.25, 0.3) is 12.2 Å². The van der Waals surface area contributed by atoms with Crippen molar-refractivity contribution in [3.63, 3.8) is 0 Å². The average Bonchev–Trinajstić information content (AvgIpc) is 2.76. The number of rotatable bonds is 8. The van der Waals surface area contributed by atoms with Crippen molar-refractivity contribution in [2.24, 2.45) is 0 Å². The molecule has 0 aromatic heterocycles. The molecule has 1 aliphatic rings. The van der Waals surface area contributed by atoms with Gasteiger partial charge in [-0.15, -0.1) is 0 Å². The van der Waals surface area contributed by atoms with Crippen LogP contribution in [-0.4, -0.2) is 26.3 Å². The van der Waals surface area contributed by atoms with Crippen molar-refractivity contribution in [3.05, 3.63) is 70.8 Å². The molecule has 0 bridgehead atoms. The van der Waals surface area contributed by atoms with Crippen LogP contribution >= 0.6 is 0 Å². The Morgan fingerprint density at radius 2 is 1.79 bits per heavy atom. The monoisotopic (exact) mass is 391 g/mol. The first-order valence-electron chi connectivity index (χ1n) is 10.6. The normalized spacial score (nSPS) is 16.6. The summed E-state index contributed by atoms with van der Waals surface area (Å²) in [6.45, 7) is 6.02. The van der Waals surface area contributed by atoms with E-state index in [0.717, 1.165) is 35.6 Å². The van der Waals surface area contributed by atoms with E-state index in [9.17, 15) is 0 Å². The van der Waals surface area contributed by atoms with Gasteiger partial charge in [0, 0.05) is 11.6 Å². The number of piperidine rings is 1. The number of hydrogen-bond donors (Lipinski definition) is 1. The molecule has 1 saturated heterocycles. The second-order valence-corrected chi connectivity index (χ2v) is 7.89. The largest absolute Gasteiger partial charge is 0.496 e. The minimum Gasteiger partial charge on any atom is -0.496 e. The third kappa shape index (κ3) is 6.50. The molecule has 3 nitrogen and oxygen atoms in total. The number of nitrogens with one attached hydrogen (secondary N) is 1. The van der Waals surface area contributed by atoms with Crippen LogP contribution in [0.5, 0.6) is 11.5 Å². The molecule has 1 fully saturated rings. The van der Waals surface area contributed by atoms with Crippen LogP contribution in [0.15, 0.2) is 54.1 Å². The highest BCUT2D eigenvalue weighted by molar-refractivity contribution is 5.72. The SMILES string of the molecule is COc1cc(/C=C/c2ccccc2)cc(OCC2CCCCN2)c1CC=C(C)C. The van der Waals surface area contributed by atoms with E-state index in [1.807, 2.05) is 6.07 Å². The zero-order valence-corrected chi connectivity index (χ0v) is 17.9. The Labute approximate surface area is 175 Å². The van der Waals surface area contributed by atoms with Gasteiger partial charge < -0.3 is 14.8 Å². The first-order chi connectivity index (χ1) is 14.2. The van der Waals surface area contributed by atoms with Gasteiger partial charge in [0.05, 0.1) is 7.11 Å². The van der Waals surface area contributed by atoms with Crippen LogP contribution in [0.2, 0.25) is 0 Å². The van der Waals surface area contributed by atoms with Gasteiger partial charge >= 0.3 is 0 Å². The predicted molar refractivity (Wildman–Crippen MR) is 123 cm³/mol. The molecule has 3 heteroatoms. The van der Waals surface area contributed by atoms with Gasteiger partial charge in [-0.1, -0.05) is 60.6 Å². The molecule has 0 aliphatic carbocycles. The zero-order chi connectivity index (χ0) is 20.5. The summed E-state index contributed by atoms with van der Waals surface area (Å²) in [6.07, 6.45) is 11.0. The van der Waals surface area contributed by atoms with Crippen LogP contribution in [0.1, 0.15) is 49.8 Å². The third-order valence-electron chi connectivity index (χ3n) is 5.24. The first-order valence-corrected chi connectivity index (χ1v) is 10.6. The molecule has 0 spiro atoms. The molecule has 2 aromatic rings. The third-order valence-corrected chi connectivity index (χ3v) is 5.24. The van der Waals surface area contributed by atoms with E-state index in [4.69, 9.17) is 9.47 Å². The molecular formula is C26H33NO2. The number of methoxy groups -OCH3 is 1. The highest BCUT2D eigenvalue weighted by Gasteiger charge is 2.16. The molecule has 1 atom stereocenters. The molecule has 1 unspecified atom stereocenters. The topological polar surface area (TPSA) is 30.5 Å². The lowest BCUT2D eigenvalue weighted by Gasteiger charge is -2.24. The van der Waals surface area contributed by atoms with E-state index in [0.29, 0.717) is 12.6 Å². The number of benzene rings is 2. The summed E-state index contributed by atoms with van der Waals surface area (Å²) in [4.78, 5) is 0. The summed E-state index contributed by atoms with van der Waals surface area (Å²) in [5, 5.41) is 3.57. The lowest BCUT2D eigenvalue weighted by Crippen LogP contribution is -2.38. The lowest BCUT2D eigenvalue weighted by molar-refractivity contribution is 0.236. The van der Waals surface area contributed by atoms with E-state index >= 15 is 0 Å². The summed E-state index contributed by atoms with van der Waals surface area (Å²) >= 11 is 0. The van der Waals surface area contributed by atoms with Crippen LogP contribution in [0, 0.1) is 0 Å². The molecule has 1 heterocycles. The quantitative estimate of drug-likeness (QED) is 0.449. The second kappa shape index (κ2) is 10.9. The number of allylic oxidation sites excluding steroid dienone is 2. The Kier molecular flexibility index (Phi) is 7.94. The van der Waals surface area contributed by atoms with E-state index in [1.165, 1.54) is 30.4 Å². The standard InChI is InChI=1S/C26H33NO2/c1-20(2)12-15-24-25(28-3)17-22(14-13-21-9-5-4-6-10-21)18-26(24)29-19-23-11-7-8-16-27-23/h4-6,9-10,12-14,17-18,23,27H,7-8,11,15-16,19H2,1-3H3/b14-13+. The zero-order valence-electron chi connectivity index (χ0n) is 17.9. The van der Waals surface area contributed by atoms with Crippen LogP contribution < -0.4 is 14.8 Å². The van der Waals surface area contributed by atoms with Crippen molar-refractivity contribution < 1.29 is 9.47 Å². The fourth-order valence-corrected chi connectivity index (χ4v) is 3.57. The van der Waals surface area contributed by atoms with Crippen molar-refractivity contribution in [1.29, 1.82) is 0 Å². The lowest BCUT2D eigenvalue weighted by atomic mass is 10.0. The average molecular weight is 392 g/mol. The minimum atomic E-state index is 0.426. The Balaban J connectivity index is 1.87. The van der Waals surface area contributed by atoms with Crippen molar-refractivity contribution in [3.8, 4) is 11.5 Å². The maximum atomic E-state index is 6.34. The maximum absolute atomic E-state index is 6.34. The van der Waals surface area contributed by atoms with Gasteiger partial charge in [-0.3, -0.25) is 0 Å². The van der Waals surface area contributed by atoms with Gasteiger partial charge in [-0.05, 0) is 62.9 Å². The molecule has 1 aliphatic heterocycles. The van der Waals surface area contributed by atoms with E-state index in [2.05, 4.69) is 73.8 Å². The minimum absolute atomic E-state index is 0.426. The van der Waals surface area contributed by atoms with Crippen LogP contribution in [-0.2, 0) is 6.42 Å². The molecule has 0 amide bonds. The number of hydrogen-bond acceptors (Lipinski definition) is 3. The summed E-state index contributed by atoms with van der Waals surface area (Å²) in [6, 6.07) is 15.0. The second-order valence-electron chi connectivity index (χ2n) is 7.89. The Morgan fingerprint density at radius 3 is 2.48 bits per heavy atom. The summed E-state index contributed by atoms with van der Waals surface area (Å²) < 4.78 is 12.1. The molecule has 29 heavy (non-hydrogen) atoms.